The van der Waals surface area contributed by atoms with Crippen molar-refractivity contribution in [1.82, 2.24) is 5.32 Å². The van der Waals surface area contributed by atoms with Crippen LogP contribution in [-0.2, 0) is 9.84 Å². The molecule has 1 fully saturated rings. The molecule has 4 nitrogen and oxygen atoms in total. The average molecular weight is 201 g/mol. The predicted octanol–water partition coefficient (Wildman–Crippen LogP) is 0.337. The molecule has 0 saturated carbocycles. The van der Waals surface area contributed by atoms with Crippen molar-refractivity contribution in [3.63, 3.8) is 0 Å². The summed E-state index contributed by atoms with van der Waals surface area (Å²) in [7, 11) is -1.20. The zero-order valence-corrected chi connectivity index (χ0v) is 8.04. The third kappa shape index (κ3) is 1.28. The van der Waals surface area contributed by atoms with Crippen molar-refractivity contribution in [2.75, 3.05) is 12.8 Å². The van der Waals surface area contributed by atoms with Gasteiger partial charge in [0.05, 0.1) is 12.0 Å². The van der Waals surface area contributed by atoms with Gasteiger partial charge in [-0.25, -0.2) is 8.42 Å². The van der Waals surface area contributed by atoms with Gasteiger partial charge in [0.1, 0.15) is 11.0 Å². The zero-order valence-electron chi connectivity index (χ0n) is 7.23. The predicted molar refractivity (Wildman–Crippen MR) is 48.1 cm³/mol. The maximum absolute atomic E-state index is 11.4. The Kier molecular flexibility index (Phi) is 1.92. The van der Waals surface area contributed by atoms with Crippen molar-refractivity contribution in [1.29, 1.82) is 0 Å². The highest BCUT2D eigenvalue weighted by Crippen LogP contribution is 2.36. The molecule has 5 heteroatoms. The summed E-state index contributed by atoms with van der Waals surface area (Å²) in [6.07, 6.45) is 1.50. The summed E-state index contributed by atoms with van der Waals surface area (Å²) < 4.78 is 27.9. The summed E-state index contributed by atoms with van der Waals surface area (Å²) in [6, 6.07) is 3.40. The van der Waals surface area contributed by atoms with E-state index in [2.05, 4.69) is 5.32 Å². The molecule has 1 N–H and O–H groups in total. The molecule has 2 atom stereocenters. The van der Waals surface area contributed by atoms with Gasteiger partial charge in [0, 0.05) is 6.04 Å². The van der Waals surface area contributed by atoms with Crippen LogP contribution in [0.2, 0.25) is 0 Å². The summed E-state index contributed by atoms with van der Waals surface area (Å²) in [6.45, 7) is 0. The second-order valence-electron chi connectivity index (χ2n) is 3.16. The first-order valence-electron chi connectivity index (χ1n) is 4.07. The van der Waals surface area contributed by atoms with Gasteiger partial charge in [-0.05, 0) is 19.2 Å². The van der Waals surface area contributed by atoms with Crippen LogP contribution in [0.1, 0.15) is 11.0 Å². The van der Waals surface area contributed by atoms with Crippen LogP contribution < -0.4 is 5.32 Å². The highest BCUT2D eigenvalue weighted by Gasteiger charge is 2.47. The van der Waals surface area contributed by atoms with Gasteiger partial charge in [-0.15, -0.1) is 0 Å². The van der Waals surface area contributed by atoms with Crippen LogP contribution in [0.3, 0.4) is 0 Å². The van der Waals surface area contributed by atoms with E-state index in [1.54, 1.807) is 19.2 Å². The SMILES string of the molecule is CNC1CS(=O)(=O)C1c1ccco1. The summed E-state index contributed by atoms with van der Waals surface area (Å²) in [5.41, 5.74) is 0. The quantitative estimate of drug-likeness (QED) is 0.749. The number of likely N-dealkylation sites (N-methyl/N-ethyl adjacent to an activating group) is 1. The number of sulfone groups is 1. The molecule has 72 valence electrons. The Labute approximate surface area is 76.9 Å². The van der Waals surface area contributed by atoms with Crippen LogP contribution in [-0.4, -0.2) is 27.3 Å². The molecule has 0 radical (unpaired) electrons. The Balaban J connectivity index is 2.31. The topological polar surface area (TPSA) is 59.3 Å². The van der Waals surface area contributed by atoms with Crippen molar-refractivity contribution >= 4 is 9.84 Å². The van der Waals surface area contributed by atoms with Crippen LogP contribution in [0.4, 0.5) is 0 Å². The van der Waals surface area contributed by atoms with Gasteiger partial charge in [-0.3, -0.25) is 0 Å². The molecule has 13 heavy (non-hydrogen) atoms. The van der Waals surface area contributed by atoms with E-state index in [9.17, 15) is 8.42 Å². The minimum atomic E-state index is -2.96. The van der Waals surface area contributed by atoms with Gasteiger partial charge in [0.25, 0.3) is 0 Å². The summed E-state index contributed by atoms with van der Waals surface area (Å²) in [4.78, 5) is 0. The lowest BCUT2D eigenvalue weighted by molar-refractivity contribution is 0.418. The molecule has 0 amide bonds. The molecule has 0 spiro atoms. The Morgan fingerprint density at radius 1 is 1.62 bits per heavy atom. The van der Waals surface area contributed by atoms with E-state index in [0.29, 0.717) is 5.76 Å². The monoisotopic (exact) mass is 201 g/mol. The normalized spacial score (nSPS) is 31.2. The van der Waals surface area contributed by atoms with Gasteiger partial charge in [-0.1, -0.05) is 0 Å². The van der Waals surface area contributed by atoms with E-state index in [1.165, 1.54) is 6.26 Å². The Morgan fingerprint density at radius 2 is 2.38 bits per heavy atom. The maximum Gasteiger partial charge on any atom is 0.163 e. The third-order valence-corrected chi connectivity index (χ3v) is 4.52. The molecule has 1 aliphatic heterocycles. The first-order chi connectivity index (χ1) is 6.15. The Morgan fingerprint density at radius 3 is 2.85 bits per heavy atom. The van der Waals surface area contributed by atoms with Gasteiger partial charge in [0.2, 0.25) is 0 Å². The molecular weight excluding hydrogens is 190 g/mol. The molecule has 2 unspecified atom stereocenters. The van der Waals surface area contributed by atoms with Gasteiger partial charge in [0.15, 0.2) is 9.84 Å². The van der Waals surface area contributed by atoms with E-state index in [0.717, 1.165) is 0 Å². The Hall–Kier alpha value is -0.810. The van der Waals surface area contributed by atoms with Crippen LogP contribution >= 0.6 is 0 Å². The first kappa shape index (κ1) is 8.77. The van der Waals surface area contributed by atoms with E-state index in [1.807, 2.05) is 0 Å². The smallest absolute Gasteiger partial charge is 0.163 e. The standard InChI is InChI=1S/C8H11NO3S/c1-9-6-5-13(10,11)8(6)7-3-2-4-12-7/h2-4,6,8-9H,5H2,1H3. The second-order valence-corrected chi connectivity index (χ2v) is 5.33. The molecule has 0 aromatic carbocycles. The van der Waals surface area contributed by atoms with Gasteiger partial charge >= 0.3 is 0 Å². The van der Waals surface area contributed by atoms with Crippen LogP contribution in [0.5, 0.6) is 0 Å². The summed E-state index contributed by atoms with van der Waals surface area (Å²) in [5.74, 6) is 0.736. The van der Waals surface area contributed by atoms with Crippen molar-refractivity contribution in [3.05, 3.63) is 24.2 Å². The lowest BCUT2D eigenvalue weighted by atomic mass is 10.2. The highest BCUT2D eigenvalue weighted by atomic mass is 32.2. The number of hydrogen-bond acceptors (Lipinski definition) is 4. The largest absolute Gasteiger partial charge is 0.468 e. The average Bonchev–Trinajstić information content (AvgIpc) is 2.53. The zero-order chi connectivity index (χ0) is 9.47. The van der Waals surface area contributed by atoms with Crippen LogP contribution in [0.15, 0.2) is 22.8 Å². The number of nitrogens with one attached hydrogen (secondary N) is 1. The number of rotatable bonds is 2. The fraction of sp³-hybridized carbons (Fsp3) is 0.500. The van der Waals surface area contributed by atoms with Crippen molar-refractivity contribution < 1.29 is 12.8 Å². The molecular formula is C8H11NO3S. The van der Waals surface area contributed by atoms with Crippen molar-refractivity contribution in [2.24, 2.45) is 0 Å². The van der Waals surface area contributed by atoms with E-state index in [-0.39, 0.29) is 11.8 Å². The molecule has 1 aromatic heterocycles. The molecule has 0 bridgehead atoms. The first-order valence-corrected chi connectivity index (χ1v) is 5.79. The summed E-state index contributed by atoms with van der Waals surface area (Å²) >= 11 is 0. The third-order valence-electron chi connectivity index (χ3n) is 2.36. The molecule has 2 heterocycles. The van der Waals surface area contributed by atoms with E-state index >= 15 is 0 Å². The fourth-order valence-corrected chi connectivity index (χ4v) is 3.56. The Bertz CT molecular complexity index is 382. The minimum Gasteiger partial charge on any atom is -0.468 e. The van der Waals surface area contributed by atoms with Gasteiger partial charge in [-0.2, -0.15) is 0 Å². The van der Waals surface area contributed by atoms with Crippen LogP contribution in [0, 0.1) is 0 Å². The van der Waals surface area contributed by atoms with Crippen molar-refractivity contribution in [3.8, 4) is 0 Å². The second kappa shape index (κ2) is 2.85. The summed E-state index contributed by atoms with van der Waals surface area (Å²) in [5, 5.41) is 2.46. The number of furan rings is 1. The maximum atomic E-state index is 11.4. The molecule has 2 rings (SSSR count). The number of hydrogen-bond donors (Lipinski definition) is 1. The van der Waals surface area contributed by atoms with Gasteiger partial charge < -0.3 is 9.73 Å². The minimum absolute atomic E-state index is 0.00356. The lowest BCUT2D eigenvalue weighted by Gasteiger charge is -2.34. The van der Waals surface area contributed by atoms with E-state index in [4.69, 9.17) is 4.42 Å². The molecule has 0 aliphatic carbocycles. The molecule has 1 aliphatic rings. The fourth-order valence-electron chi connectivity index (χ4n) is 1.63. The lowest BCUT2D eigenvalue weighted by Crippen LogP contribution is -2.52. The van der Waals surface area contributed by atoms with Crippen molar-refractivity contribution in [2.45, 2.75) is 11.3 Å². The van der Waals surface area contributed by atoms with E-state index < -0.39 is 15.1 Å². The van der Waals surface area contributed by atoms with Crippen LogP contribution in [0.25, 0.3) is 0 Å². The molecule has 1 aromatic rings. The molecule has 1 saturated heterocycles. The highest BCUT2D eigenvalue weighted by molar-refractivity contribution is 7.93.